The lowest BCUT2D eigenvalue weighted by molar-refractivity contribution is -0.121. The molecule has 0 bridgehead atoms. The maximum Gasteiger partial charge on any atom is 0.277 e. The molecule has 184 valence electrons. The second-order valence-electron chi connectivity index (χ2n) is 9.17. The largest absolute Gasteiger partial charge is 0.384 e. The first kappa shape index (κ1) is 24.6. The first-order chi connectivity index (χ1) is 17.0. The van der Waals surface area contributed by atoms with Crippen LogP contribution in [0.2, 0.25) is 0 Å². The Hall–Kier alpha value is -3.52. The fraction of sp³-hybridized carbons (Fsp3) is 0.407. The highest BCUT2D eigenvalue weighted by atomic mass is 16.1. The first-order valence-corrected chi connectivity index (χ1v) is 12.4. The number of aryl methyl sites for hydroxylation is 1. The average Bonchev–Trinajstić information content (AvgIpc) is 3.31. The summed E-state index contributed by atoms with van der Waals surface area (Å²) in [5.41, 5.74) is 8.74. The predicted octanol–water partition coefficient (Wildman–Crippen LogP) is 3.12. The Balaban J connectivity index is 1.42. The molecule has 1 saturated heterocycles. The highest BCUT2D eigenvalue weighted by Gasteiger charge is 2.22. The Kier molecular flexibility index (Phi) is 7.92. The molecular weight excluding hydrogens is 440 g/mol. The highest BCUT2D eigenvalue weighted by Crippen LogP contribution is 2.19. The van der Waals surface area contributed by atoms with Gasteiger partial charge in [-0.1, -0.05) is 43.7 Å². The molecule has 0 aliphatic carbocycles. The third-order valence-corrected chi connectivity index (χ3v) is 6.61. The van der Waals surface area contributed by atoms with Gasteiger partial charge in [-0.25, -0.2) is 4.98 Å². The number of carbonyl (C=O) groups is 1. The molecule has 4 N–H and O–H groups in total. The van der Waals surface area contributed by atoms with Gasteiger partial charge in [-0.2, -0.15) is 0 Å². The van der Waals surface area contributed by atoms with Crippen LogP contribution >= 0.6 is 0 Å². The summed E-state index contributed by atoms with van der Waals surface area (Å²) in [5, 5.41) is 10.8. The first-order valence-electron chi connectivity index (χ1n) is 12.4. The van der Waals surface area contributed by atoms with Crippen LogP contribution < -0.4 is 16.6 Å². The van der Waals surface area contributed by atoms with Crippen LogP contribution in [0.1, 0.15) is 44.6 Å². The van der Waals surface area contributed by atoms with Crippen molar-refractivity contribution in [2.45, 2.75) is 51.6 Å². The van der Waals surface area contributed by atoms with Gasteiger partial charge in [0.05, 0.1) is 11.0 Å². The van der Waals surface area contributed by atoms with E-state index < -0.39 is 0 Å². The Bertz CT molecular complexity index is 1270. The molecule has 8 nitrogen and oxygen atoms in total. The van der Waals surface area contributed by atoms with Gasteiger partial charge in [-0.15, -0.1) is 0 Å². The summed E-state index contributed by atoms with van der Waals surface area (Å²) in [7, 11) is 0. The van der Waals surface area contributed by atoms with E-state index in [2.05, 4.69) is 15.2 Å². The molecule has 1 atom stereocenters. The number of nitrogens with zero attached hydrogens (tertiary/aromatic N) is 3. The van der Waals surface area contributed by atoms with Gasteiger partial charge in [0.2, 0.25) is 5.91 Å². The number of rotatable bonds is 10. The molecule has 1 unspecified atom stereocenters. The van der Waals surface area contributed by atoms with E-state index in [4.69, 9.17) is 11.1 Å². The lowest BCUT2D eigenvalue weighted by Crippen LogP contribution is -2.36. The summed E-state index contributed by atoms with van der Waals surface area (Å²) >= 11 is 0. The zero-order valence-electron chi connectivity index (χ0n) is 20.3. The molecule has 0 saturated carbocycles. The number of unbranched alkanes of at least 4 members (excludes halogenated alkanes) is 2. The number of fused-ring (bicyclic) bond motifs is 1. The molecule has 1 aromatic heterocycles. The number of nitrogens with two attached hydrogens (primary N) is 1. The molecule has 1 aliphatic rings. The van der Waals surface area contributed by atoms with E-state index >= 15 is 0 Å². The van der Waals surface area contributed by atoms with Crippen LogP contribution in [0.5, 0.6) is 0 Å². The van der Waals surface area contributed by atoms with E-state index in [9.17, 15) is 9.59 Å². The highest BCUT2D eigenvalue weighted by molar-refractivity contribution is 5.96. The van der Waals surface area contributed by atoms with Gasteiger partial charge in [0, 0.05) is 43.2 Å². The summed E-state index contributed by atoms with van der Waals surface area (Å²) in [6.07, 6.45) is 4.51. The average molecular weight is 475 g/mol. The standard InChI is InChI=1S/C27H34N6O2/c1-2-24(34)30-21-13-16-32(18-21)14-6-3-7-15-33-23-12-5-4-11-22(23)31-25(27(33)35)19-9-8-10-20(17-19)26(28)29/h4-5,8-12,17,21H,2-3,6-7,13-16,18H2,1H3,(H3,28,29)(H,30,34). The van der Waals surface area contributed by atoms with Crippen LogP contribution in [-0.2, 0) is 11.3 Å². The number of hydrogen-bond donors (Lipinski definition) is 3. The third kappa shape index (κ3) is 5.95. The quantitative estimate of drug-likeness (QED) is 0.237. The fourth-order valence-corrected chi connectivity index (χ4v) is 4.70. The number of amidine groups is 1. The van der Waals surface area contributed by atoms with Crippen LogP contribution in [0.25, 0.3) is 22.3 Å². The molecule has 8 heteroatoms. The van der Waals surface area contributed by atoms with E-state index in [0.29, 0.717) is 29.8 Å². The number of aromatic nitrogens is 2. The van der Waals surface area contributed by atoms with Crippen LogP contribution in [0.15, 0.2) is 53.3 Å². The SMILES string of the molecule is CCC(=O)NC1CCN(CCCCCn2c(=O)c(-c3cccc(C(=N)N)c3)nc3ccccc32)C1. The van der Waals surface area contributed by atoms with Crippen LogP contribution in [0.4, 0.5) is 0 Å². The smallest absolute Gasteiger partial charge is 0.277 e. The van der Waals surface area contributed by atoms with Gasteiger partial charge >= 0.3 is 0 Å². The summed E-state index contributed by atoms with van der Waals surface area (Å²) in [6.45, 7) is 5.45. The van der Waals surface area contributed by atoms with Gasteiger partial charge in [0.1, 0.15) is 11.5 Å². The second kappa shape index (κ2) is 11.3. The van der Waals surface area contributed by atoms with E-state index in [-0.39, 0.29) is 23.3 Å². The number of nitrogens with one attached hydrogen (secondary N) is 2. The van der Waals surface area contributed by atoms with Crippen molar-refractivity contribution in [1.82, 2.24) is 19.8 Å². The number of hydrogen-bond acceptors (Lipinski definition) is 5. The summed E-state index contributed by atoms with van der Waals surface area (Å²) in [5.74, 6) is 0.0873. The molecule has 4 rings (SSSR count). The maximum atomic E-state index is 13.5. The van der Waals surface area contributed by atoms with Crippen molar-refractivity contribution in [3.8, 4) is 11.3 Å². The van der Waals surface area contributed by atoms with Crippen molar-refractivity contribution in [3.05, 3.63) is 64.4 Å². The second-order valence-corrected chi connectivity index (χ2v) is 9.17. The number of amides is 1. The van der Waals surface area contributed by atoms with Crippen molar-refractivity contribution >= 4 is 22.8 Å². The van der Waals surface area contributed by atoms with Crippen molar-refractivity contribution in [3.63, 3.8) is 0 Å². The van der Waals surface area contributed by atoms with Gasteiger partial charge in [0.15, 0.2) is 0 Å². The van der Waals surface area contributed by atoms with Gasteiger partial charge in [0.25, 0.3) is 5.56 Å². The van der Waals surface area contributed by atoms with E-state index in [0.717, 1.165) is 56.4 Å². The lowest BCUT2D eigenvalue weighted by Gasteiger charge is -2.17. The minimum Gasteiger partial charge on any atom is -0.384 e. The predicted molar refractivity (Wildman–Crippen MR) is 140 cm³/mol. The molecule has 2 heterocycles. The molecule has 1 fully saturated rings. The Morgan fingerprint density at radius 1 is 1.14 bits per heavy atom. The lowest BCUT2D eigenvalue weighted by atomic mass is 10.1. The molecular formula is C27H34N6O2. The topological polar surface area (TPSA) is 117 Å². The number of likely N-dealkylation sites (tertiary alicyclic amines) is 1. The monoisotopic (exact) mass is 474 g/mol. The van der Waals surface area contributed by atoms with Crippen molar-refractivity contribution in [2.75, 3.05) is 19.6 Å². The zero-order chi connectivity index (χ0) is 24.8. The van der Waals surface area contributed by atoms with Crippen molar-refractivity contribution in [1.29, 1.82) is 5.41 Å². The number of para-hydroxylation sites is 2. The van der Waals surface area contributed by atoms with E-state index in [1.807, 2.05) is 41.8 Å². The number of carbonyl (C=O) groups excluding carboxylic acids is 1. The molecule has 35 heavy (non-hydrogen) atoms. The Morgan fingerprint density at radius 2 is 1.94 bits per heavy atom. The summed E-state index contributed by atoms with van der Waals surface area (Å²) in [6, 6.07) is 15.1. The summed E-state index contributed by atoms with van der Waals surface area (Å²) < 4.78 is 1.82. The minimum atomic E-state index is -0.126. The molecule has 1 amide bonds. The van der Waals surface area contributed by atoms with Crippen LogP contribution in [0.3, 0.4) is 0 Å². The molecule has 1 aliphatic heterocycles. The van der Waals surface area contributed by atoms with E-state index in [1.54, 1.807) is 18.2 Å². The zero-order valence-corrected chi connectivity index (χ0v) is 20.3. The van der Waals surface area contributed by atoms with Crippen molar-refractivity contribution in [2.24, 2.45) is 5.73 Å². The van der Waals surface area contributed by atoms with Gasteiger partial charge in [-0.3, -0.25) is 15.0 Å². The normalized spacial score (nSPS) is 16.0. The van der Waals surface area contributed by atoms with Crippen molar-refractivity contribution < 1.29 is 4.79 Å². The maximum absolute atomic E-state index is 13.5. The van der Waals surface area contributed by atoms with E-state index in [1.165, 1.54) is 0 Å². The molecule has 3 aromatic rings. The Labute approximate surface area is 205 Å². The number of nitrogen functional groups attached to an aromatic ring is 1. The van der Waals surface area contributed by atoms with Gasteiger partial charge in [-0.05, 0) is 44.0 Å². The molecule has 0 radical (unpaired) electrons. The Morgan fingerprint density at radius 3 is 2.74 bits per heavy atom. The number of benzene rings is 2. The van der Waals surface area contributed by atoms with Gasteiger partial charge < -0.3 is 20.5 Å². The van der Waals surface area contributed by atoms with Crippen LogP contribution in [0, 0.1) is 5.41 Å². The fourth-order valence-electron chi connectivity index (χ4n) is 4.70. The third-order valence-electron chi connectivity index (χ3n) is 6.61. The molecule has 0 spiro atoms. The molecule has 2 aromatic carbocycles. The minimum absolute atomic E-state index is 0.0370. The van der Waals surface area contributed by atoms with Crippen LogP contribution in [-0.4, -0.2) is 51.9 Å². The summed E-state index contributed by atoms with van der Waals surface area (Å²) in [4.78, 5) is 32.1.